The predicted molar refractivity (Wildman–Crippen MR) is 129 cm³/mol. The van der Waals surface area contributed by atoms with Crippen LogP contribution in [-0.2, 0) is 4.79 Å². The van der Waals surface area contributed by atoms with E-state index in [2.05, 4.69) is 20.8 Å². The first kappa shape index (κ1) is 21.6. The second-order valence-corrected chi connectivity index (χ2v) is 7.35. The number of hydrogen-bond acceptors (Lipinski definition) is 4. The Morgan fingerprint density at radius 1 is 0.939 bits per heavy atom. The fourth-order valence-electron chi connectivity index (χ4n) is 3.39. The number of aryl methyl sites for hydroxylation is 1. The van der Waals surface area contributed by atoms with Crippen molar-refractivity contribution < 1.29 is 14.7 Å². The quantitative estimate of drug-likeness (QED) is 0.207. The van der Waals surface area contributed by atoms with Crippen molar-refractivity contribution in [2.75, 3.05) is 0 Å². The van der Waals surface area contributed by atoms with E-state index >= 15 is 0 Å². The molecular formula is C26H22N4O3. The van der Waals surface area contributed by atoms with Crippen molar-refractivity contribution in [1.82, 2.24) is 15.7 Å². The lowest BCUT2D eigenvalue weighted by atomic mass is 10.1. The molecule has 164 valence electrons. The number of phenols is 1. The van der Waals surface area contributed by atoms with Crippen molar-refractivity contribution >= 4 is 35.0 Å². The van der Waals surface area contributed by atoms with Gasteiger partial charge in [-0.25, -0.2) is 5.43 Å². The van der Waals surface area contributed by atoms with E-state index in [1.54, 1.807) is 54.7 Å². The molecule has 0 radical (unpaired) electrons. The van der Waals surface area contributed by atoms with Crippen LogP contribution in [0.2, 0.25) is 0 Å². The largest absolute Gasteiger partial charge is 0.507 e. The number of carbonyl (C=O) groups is 2. The number of hydrogen-bond donors (Lipinski definition) is 4. The minimum absolute atomic E-state index is 0.0188. The van der Waals surface area contributed by atoms with Crippen molar-refractivity contribution in [3.63, 3.8) is 0 Å². The van der Waals surface area contributed by atoms with Gasteiger partial charge in [0.05, 0.1) is 6.21 Å². The highest BCUT2D eigenvalue weighted by molar-refractivity contribution is 6.06. The fraction of sp³-hybridized carbons (Fsp3) is 0.0385. The number of para-hydroxylation sites is 2. The number of amides is 2. The number of nitrogens with zero attached hydrogens (tertiary/aromatic N) is 1. The zero-order valence-corrected chi connectivity index (χ0v) is 17.9. The van der Waals surface area contributed by atoms with E-state index in [0.717, 1.165) is 22.2 Å². The van der Waals surface area contributed by atoms with Crippen LogP contribution in [-0.4, -0.2) is 28.1 Å². The summed E-state index contributed by atoms with van der Waals surface area (Å²) in [5.41, 5.74) is 5.92. The smallest absolute Gasteiger partial charge is 0.287 e. The summed E-state index contributed by atoms with van der Waals surface area (Å²) in [6.45, 7) is 1.92. The molecule has 0 saturated carbocycles. The van der Waals surface area contributed by atoms with Crippen LogP contribution < -0.4 is 10.7 Å². The molecule has 0 saturated heterocycles. The Morgan fingerprint density at radius 2 is 1.64 bits per heavy atom. The van der Waals surface area contributed by atoms with Crippen LogP contribution in [0.15, 0.2) is 89.7 Å². The third-order valence-corrected chi connectivity index (χ3v) is 5.07. The number of carbonyl (C=O) groups excluding carboxylic acids is 2. The molecule has 7 nitrogen and oxygen atoms in total. The van der Waals surface area contributed by atoms with Crippen LogP contribution in [0.4, 0.5) is 0 Å². The Kier molecular flexibility index (Phi) is 6.31. The maximum Gasteiger partial charge on any atom is 0.287 e. The summed E-state index contributed by atoms with van der Waals surface area (Å²) in [6, 6.07) is 22.9. The summed E-state index contributed by atoms with van der Waals surface area (Å²) in [7, 11) is 0. The maximum absolute atomic E-state index is 12.9. The van der Waals surface area contributed by atoms with Gasteiger partial charge in [-0.05, 0) is 37.3 Å². The Hall–Kier alpha value is -4.65. The molecule has 0 aliphatic carbocycles. The Balaban J connectivity index is 1.58. The molecular weight excluding hydrogens is 416 g/mol. The minimum Gasteiger partial charge on any atom is -0.507 e. The van der Waals surface area contributed by atoms with Gasteiger partial charge in [-0.1, -0.05) is 54.6 Å². The lowest BCUT2D eigenvalue weighted by molar-refractivity contribution is -0.117. The summed E-state index contributed by atoms with van der Waals surface area (Å²) >= 11 is 0. The third-order valence-electron chi connectivity index (χ3n) is 5.07. The molecule has 4 aromatic rings. The van der Waals surface area contributed by atoms with E-state index < -0.39 is 11.8 Å². The van der Waals surface area contributed by atoms with E-state index in [0.29, 0.717) is 11.1 Å². The van der Waals surface area contributed by atoms with Crippen LogP contribution in [0.5, 0.6) is 5.75 Å². The number of fused-ring (bicyclic) bond motifs is 1. The van der Waals surface area contributed by atoms with Crippen LogP contribution in [0.3, 0.4) is 0 Å². The third kappa shape index (κ3) is 4.99. The number of nitrogens with one attached hydrogen (secondary N) is 3. The highest BCUT2D eigenvalue weighted by Crippen LogP contribution is 2.20. The molecule has 1 heterocycles. The summed E-state index contributed by atoms with van der Waals surface area (Å²) in [5, 5.41) is 17.8. The highest BCUT2D eigenvalue weighted by Gasteiger charge is 2.15. The summed E-state index contributed by atoms with van der Waals surface area (Å²) in [5.74, 6) is -1.10. The SMILES string of the molecule is Cc1[nH]c2ccccc2c1/C=N/NC(=O)C(=Cc1ccccc1O)NC(=O)c1ccccc1. The molecule has 0 spiro atoms. The normalized spacial score (nSPS) is 11.6. The second-order valence-electron chi connectivity index (χ2n) is 7.35. The number of benzene rings is 3. The molecule has 4 N–H and O–H groups in total. The van der Waals surface area contributed by atoms with Gasteiger partial charge in [0.15, 0.2) is 0 Å². The lowest BCUT2D eigenvalue weighted by Crippen LogP contribution is -2.32. The van der Waals surface area contributed by atoms with E-state index in [1.165, 1.54) is 12.1 Å². The number of aromatic nitrogens is 1. The first-order valence-corrected chi connectivity index (χ1v) is 10.3. The standard InChI is InChI=1S/C26H22N4O3/c1-17-21(20-12-6-7-13-22(20)28-17)16-27-30-26(33)23(15-19-11-5-8-14-24(19)31)29-25(32)18-9-3-2-4-10-18/h2-16,28,31H,1H3,(H,29,32)(H,30,33)/b23-15?,27-16+. The summed E-state index contributed by atoms with van der Waals surface area (Å²) in [6.07, 6.45) is 2.96. The molecule has 0 atom stereocenters. The molecule has 0 aliphatic rings. The van der Waals surface area contributed by atoms with Crippen LogP contribution >= 0.6 is 0 Å². The second kappa shape index (κ2) is 9.65. The average molecular weight is 438 g/mol. The number of hydrazone groups is 1. The van der Waals surface area contributed by atoms with Gasteiger partial charge in [0.1, 0.15) is 11.4 Å². The van der Waals surface area contributed by atoms with Crippen molar-refractivity contribution in [3.05, 3.63) is 107 Å². The van der Waals surface area contributed by atoms with Gasteiger partial charge in [-0.3, -0.25) is 9.59 Å². The van der Waals surface area contributed by atoms with Crippen molar-refractivity contribution in [2.45, 2.75) is 6.92 Å². The number of phenolic OH excluding ortho intramolecular Hbond substituents is 1. The van der Waals surface area contributed by atoms with Gasteiger partial charge < -0.3 is 15.4 Å². The summed E-state index contributed by atoms with van der Waals surface area (Å²) in [4.78, 5) is 28.8. The van der Waals surface area contributed by atoms with Gasteiger partial charge in [0.2, 0.25) is 0 Å². The molecule has 2 amide bonds. The van der Waals surface area contributed by atoms with Gasteiger partial charge in [-0.15, -0.1) is 0 Å². The predicted octanol–water partition coefficient (Wildman–Crippen LogP) is 4.10. The Morgan fingerprint density at radius 3 is 2.42 bits per heavy atom. The van der Waals surface area contributed by atoms with E-state index in [9.17, 15) is 14.7 Å². The lowest BCUT2D eigenvalue weighted by Gasteiger charge is -2.09. The summed E-state index contributed by atoms with van der Waals surface area (Å²) < 4.78 is 0. The topological polar surface area (TPSA) is 107 Å². The molecule has 4 rings (SSSR count). The fourth-order valence-corrected chi connectivity index (χ4v) is 3.39. The van der Waals surface area contributed by atoms with Crippen molar-refractivity contribution in [2.24, 2.45) is 5.10 Å². The van der Waals surface area contributed by atoms with Crippen LogP contribution in [0, 0.1) is 6.92 Å². The molecule has 3 aromatic carbocycles. The zero-order chi connectivity index (χ0) is 23.2. The molecule has 0 bridgehead atoms. The van der Waals surface area contributed by atoms with Gasteiger partial charge in [0.25, 0.3) is 11.8 Å². The van der Waals surface area contributed by atoms with Crippen molar-refractivity contribution in [1.29, 1.82) is 0 Å². The molecule has 33 heavy (non-hydrogen) atoms. The average Bonchev–Trinajstić information content (AvgIpc) is 3.15. The molecule has 1 aromatic heterocycles. The zero-order valence-electron chi connectivity index (χ0n) is 17.9. The minimum atomic E-state index is -0.628. The molecule has 7 heteroatoms. The number of aromatic hydroxyl groups is 1. The Bertz CT molecular complexity index is 1370. The van der Waals surface area contributed by atoms with E-state index in [1.807, 2.05) is 31.2 Å². The maximum atomic E-state index is 12.9. The molecule has 0 aliphatic heterocycles. The van der Waals surface area contributed by atoms with Gasteiger partial charge in [0, 0.05) is 33.3 Å². The van der Waals surface area contributed by atoms with Crippen LogP contribution in [0.25, 0.3) is 17.0 Å². The number of rotatable bonds is 6. The van der Waals surface area contributed by atoms with E-state index in [-0.39, 0.29) is 11.4 Å². The molecule has 0 unspecified atom stereocenters. The van der Waals surface area contributed by atoms with E-state index in [4.69, 9.17) is 0 Å². The van der Waals surface area contributed by atoms with Gasteiger partial charge >= 0.3 is 0 Å². The van der Waals surface area contributed by atoms with Crippen LogP contribution in [0.1, 0.15) is 27.2 Å². The highest BCUT2D eigenvalue weighted by atomic mass is 16.3. The number of H-pyrrole nitrogens is 1. The first-order valence-electron chi connectivity index (χ1n) is 10.3. The number of aromatic amines is 1. The monoisotopic (exact) mass is 438 g/mol. The molecule has 0 fully saturated rings. The first-order chi connectivity index (χ1) is 16.0. The Labute approximate surface area is 190 Å². The van der Waals surface area contributed by atoms with Gasteiger partial charge in [-0.2, -0.15) is 5.10 Å². The van der Waals surface area contributed by atoms with Crippen molar-refractivity contribution in [3.8, 4) is 5.75 Å².